The molecule has 4 aliphatic carbocycles. The number of hydrogen-bond acceptors (Lipinski definition) is 2. The molecule has 0 aliphatic heterocycles. The number of carbonyl (C=O) groups is 1. The molecular weight excluding hydrogens is 330 g/mol. The second-order valence-electron chi connectivity index (χ2n) is 10.7. The van der Waals surface area contributed by atoms with E-state index < -0.39 is 0 Å². The summed E-state index contributed by atoms with van der Waals surface area (Å²) in [5.74, 6) is 4.53. The number of carbonyl (C=O) groups excluding carboxylic acids is 1. The first-order valence-electron chi connectivity index (χ1n) is 11.5. The molecule has 0 amide bonds. The number of hydrogen-bond donors (Lipinski definition) is 0. The third kappa shape index (κ3) is 3.01. The van der Waals surface area contributed by atoms with Crippen LogP contribution in [-0.4, -0.2) is 5.78 Å². The first-order valence-corrected chi connectivity index (χ1v) is 11.5. The molecule has 0 bridgehead atoms. The van der Waals surface area contributed by atoms with Crippen LogP contribution in [0.5, 0.6) is 0 Å². The van der Waals surface area contributed by atoms with Crippen molar-refractivity contribution in [1.29, 1.82) is 5.26 Å². The van der Waals surface area contributed by atoms with Crippen LogP contribution in [0.25, 0.3) is 0 Å². The largest absolute Gasteiger partial charge is 0.295 e. The smallest absolute Gasteiger partial charge is 0.155 e. The van der Waals surface area contributed by atoms with Gasteiger partial charge in [0, 0.05) is 12.8 Å². The Morgan fingerprint density at radius 1 is 1.15 bits per heavy atom. The van der Waals surface area contributed by atoms with Crippen molar-refractivity contribution in [3.8, 4) is 6.07 Å². The highest BCUT2D eigenvalue weighted by Gasteiger charge is 2.59. The zero-order valence-corrected chi connectivity index (χ0v) is 17.6. The fourth-order valence-electron chi connectivity index (χ4n) is 8.24. The first kappa shape index (κ1) is 19.2. The molecule has 148 valence electrons. The van der Waals surface area contributed by atoms with Crippen molar-refractivity contribution in [2.75, 3.05) is 0 Å². The molecule has 7 atom stereocenters. The van der Waals surface area contributed by atoms with Crippen LogP contribution < -0.4 is 0 Å². The van der Waals surface area contributed by atoms with E-state index in [0.717, 1.165) is 48.9 Å². The maximum atomic E-state index is 12.0. The van der Waals surface area contributed by atoms with E-state index in [-0.39, 0.29) is 0 Å². The fraction of sp³-hybridized carbons (Fsp3) is 0.840. The summed E-state index contributed by atoms with van der Waals surface area (Å²) < 4.78 is 0. The topological polar surface area (TPSA) is 40.9 Å². The summed E-state index contributed by atoms with van der Waals surface area (Å²) in [4.78, 5) is 12.0. The molecule has 0 aromatic heterocycles. The fourth-order valence-corrected chi connectivity index (χ4v) is 8.24. The molecule has 0 N–H and O–H groups in total. The lowest BCUT2D eigenvalue weighted by molar-refractivity contribution is -0.117. The molecule has 2 nitrogen and oxygen atoms in total. The predicted octanol–water partition coefficient (Wildman–Crippen LogP) is 6.46. The average Bonchev–Trinajstić information content (AvgIpc) is 3.00. The highest BCUT2D eigenvalue weighted by molar-refractivity contribution is 5.91. The monoisotopic (exact) mass is 367 g/mol. The molecule has 0 saturated heterocycles. The Morgan fingerprint density at radius 3 is 2.74 bits per heavy atom. The quantitative estimate of drug-likeness (QED) is 0.535. The van der Waals surface area contributed by atoms with Crippen molar-refractivity contribution in [3.63, 3.8) is 0 Å². The first-order chi connectivity index (χ1) is 12.9. The number of fused-ring (bicyclic) bond motifs is 5. The van der Waals surface area contributed by atoms with Gasteiger partial charge in [0.1, 0.15) is 0 Å². The van der Waals surface area contributed by atoms with Crippen molar-refractivity contribution in [1.82, 2.24) is 0 Å². The molecule has 27 heavy (non-hydrogen) atoms. The van der Waals surface area contributed by atoms with Crippen molar-refractivity contribution in [2.45, 2.75) is 91.4 Å². The number of nitrogens with zero attached hydrogens (tertiary/aromatic N) is 1. The molecule has 1 unspecified atom stereocenters. The van der Waals surface area contributed by atoms with E-state index >= 15 is 0 Å². The lowest BCUT2D eigenvalue weighted by Crippen LogP contribution is -2.50. The minimum absolute atomic E-state index is 0.300. The summed E-state index contributed by atoms with van der Waals surface area (Å²) in [6.07, 6.45) is 14.9. The van der Waals surface area contributed by atoms with Gasteiger partial charge in [-0.2, -0.15) is 5.26 Å². The van der Waals surface area contributed by atoms with Gasteiger partial charge in [-0.3, -0.25) is 4.79 Å². The summed E-state index contributed by atoms with van der Waals surface area (Å²) in [6, 6.07) is 2.32. The molecule has 0 aromatic carbocycles. The Morgan fingerprint density at radius 2 is 1.96 bits per heavy atom. The molecule has 0 radical (unpaired) electrons. The van der Waals surface area contributed by atoms with Crippen LogP contribution in [0.15, 0.2) is 11.6 Å². The van der Waals surface area contributed by atoms with Crippen molar-refractivity contribution >= 4 is 5.78 Å². The molecule has 3 saturated carbocycles. The van der Waals surface area contributed by atoms with E-state index in [0.29, 0.717) is 23.0 Å². The second-order valence-corrected chi connectivity index (χ2v) is 10.7. The molecule has 2 heteroatoms. The minimum Gasteiger partial charge on any atom is -0.295 e. The molecule has 0 spiro atoms. The predicted molar refractivity (Wildman–Crippen MR) is 109 cm³/mol. The third-order valence-electron chi connectivity index (χ3n) is 9.67. The number of unbranched alkanes of at least 4 members (excludes halogenated alkanes) is 1. The zero-order valence-electron chi connectivity index (χ0n) is 17.6. The van der Waals surface area contributed by atoms with Crippen LogP contribution in [-0.2, 0) is 4.79 Å². The second kappa shape index (κ2) is 7.06. The van der Waals surface area contributed by atoms with Crippen LogP contribution in [0.2, 0.25) is 0 Å². The number of ketones is 1. The van der Waals surface area contributed by atoms with Gasteiger partial charge in [0.25, 0.3) is 0 Å². The van der Waals surface area contributed by atoms with Gasteiger partial charge >= 0.3 is 0 Å². The molecule has 0 aromatic rings. The van der Waals surface area contributed by atoms with E-state index in [1.165, 1.54) is 50.5 Å². The van der Waals surface area contributed by atoms with Crippen molar-refractivity contribution in [2.24, 2.45) is 40.4 Å². The van der Waals surface area contributed by atoms with E-state index in [1.54, 1.807) is 0 Å². The molecule has 4 rings (SSSR count). The Labute approximate surface area is 165 Å². The van der Waals surface area contributed by atoms with Crippen LogP contribution in [0, 0.1) is 51.8 Å². The summed E-state index contributed by atoms with van der Waals surface area (Å²) in [7, 11) is 0. The third-order valence-corrected chi connectivity index (χ3v) is 9.67. The molecule has 4 aliphatic rings. The summed E-state index contributed by atoms with van der Waals surface area (Å²) in [6.45, 7) is 7.56. The lowest BCUT2D eigenvalue weighted by atomic mass is 9.46. The zero-order chi connectivity index (χ0) is 19.2. The van der Waals surface area contributed by atoms with Gasteiger partial charge in [-0.15, -0.1) is 0 Å². The Bertz CT molecular complexity index is 672. The van der Waals surface area contributed by atoms with Gasteiger partial charge in [0.15, 0.2) is 5.78 Å². The van der Waals surface area contributed by atoms with E-state index in [1.807, 2.05) is 6.08 Å². The SMILES string of the molecule is CC(CCCC#N)[C@H]1CC[C@H]2[C@@H]3CCC4=CC(=O)CC[C@]4(C)[C@H]3CC[C@]12C. The Kier molecular flexibility index (Phi) is 5.02. The molecular formula is C25H37NO. The highest BCUT2D eigenvalue weighted by atomic mass is 16.1. The maximum Gasteiger partial charge on any atom is 0.155 e. The summed E-state index contributed by atoms with van der Waals surface area (Å²) >= 11 is 0. The maximum absolute atomic E-state index is 12.0. The lowest BCUT2D eigenvalue weighted by Gasteiger charge is -2.58. The van der Waals surface area contributed by atoms with Gasteiger partial charge in [0.2, 0.25) is 0 Å². The Hall–Kier alpha value is -1.10. The van der Waals surface area contributed by atoms with Crippen LogP contribution in [0.3, 0.4) is 0 Å². The molecule has 0 heterocycles. The van der Waals surface area contributed by atoms with Gasteiger partial charge in [-0.25, -0.2) is 0 Å². The van der Waals surface area contributed by atoms with E-state index in [2.05, 4.69) is 26.8 Å². The highest BCUT2D eigenvalue weighted by Crippen LogP contribution is 2.67. The number of nitriles is 1. The van der Waals surface area contributed by atoms with Gasteiger partial charge in [0.05, 0.1) is 6.07 Å². The van der Waals surface area contributed by atoms with E-state index in [4.69, 9.17) is 5.26 Å². The van der Waals surface area contributed by atoms with Gasteiger partial charge < -0.3 is 0 Å². The van der Waals surface area contributed by atoms with E-state index in [9.17, 15) is 4.79 Å². The number of allylic oxidation sites excluding steroid dienone is 1. The van der Waals surface area contributed by atoms with Crippen LogP contribution in [0.1, 0.15) is 91.4 Å². The van der Waals surface area contributed by atoms with Crippen LogP contribution in [0.4, 0.5) is 0 Å². The Balaban J connectivity index is 1.53. The molecule has 3 fully saturated rings. The van der Waals surface area contributed by atoms with Gasteiger partial charge in [-0.05, 0) is 104 Å². The van der Waals surface area contributed by atoms with Gasteiger partial charge in [-0.1, -0.05) is 26.3 Å². The van der Waals surface area contributed by atoms with Crippen LogP contribution >= 0.6 is 0 Å². The number of rotatable bonds is 4. The standard InChI is InChI=1S/C25H37NO/c1-17(6-4-5-15-26)21-9-10-22-20-8-7-18-16-19(27)11-13-24(18,2)23(20)12-14-25(21,22)3/h16-17,20-23H,4-14H2,1-3H3/t17?,20-,21+,22-,23-,24-,25+/m0/s1. The summed E-state index contributed by atoms with van der Waals surface area (Å²) in [5.41, 5.74) is 2.30. The van der Waals surface area contributed by atoms with Crippen molar-refractivity contribution in [3.05, 3.63) is 11.6 Å². The average molecular weight is 368 g/mol. The summed E-state index contributed by atoms with van der Waals surface area (Å²) in [5, 5.41) is 8.87. The normalized spacial score (nSPS) is 44.5. The van der Waals surface area contributed by atoms with Crippen molar-refractivity contribution < 1.29 is 4.79 Å². The minimum atomic E-state index is 0.300.